The van der Waals surface area contributed by atoms with Gasteiger partial charge < -0.3 is 9.79 Å². The van der Waals surface area contributed by atoms with Gasteiger partial charge in [-0.1, -0.05) is 42.5 Å². The van der Waals surface area contributed by atoms with Crippen molar-refractivity contribution >= 4 is 34.1 Å². The van der Waals surface area contributed by atoms with Crippen LogP contribution in [0.3, 0.4) is 0 Å². The van der Waals surface area contributed by atoms with Crippen molar-refractivity contribution in [2.45, 2.75) is 4.99 Å². The van der Waals surface area contributed by atoms with Crippen molar-refractivity contribution in [3.05, 3.63) is 48.0 Å². The molecule has 0 bridgehead atoms. The fourth-order valence-corrected chi connectivity index (χ4v) is 6.16. The van der Waals surface area contributed by atoms with Gasteiger partial charge in [0.15, 0.2) is 14.8 Å². The molecule has 10 heteroatoms. The first kappa shape index (κ1) is 18.6. The van der Waals surface area contributed by atoms with Gasteiger partial charge in [0.25, 0.3) is 5.91 Å². The summed E-state index contributed by atoms with van der Waals surface area (Å²) in [6, 6.07) is 11.0. The second-order valence-electron chi connectivity index (χ2n) is 5.23. The van der Waals surface area contributed by atoms with Gasteiger partial charge in [-0.05, 0) is 16.3 Å². The highest BCUT2D eigenvalue weighted by Gasteiger charge is 2.44. The molecule has 0 fully saturated rings. The number of rotatable bonds is 5. The van der Waals surface area contributed by atoms with E-state index < -0.39 is 34.1 Å². The Morgan fingerprint density at radius 1 is 1.17 bits per heavy atom. The standard InChI is InChI=1S/C14H16NO7PS/c1-15(17)13(16)9-24(21,22)14(23(18,19)20)12-8-4-6-10-5-2-3-7-11(10)12/h2-8,14,17H,9H2,1H3,(H2,18,19,20). The van der Waals surface area contributed by atoms with Crippen LogP contribution in [0.15, 0.2) is 42.5 Å². The molecule has 1 unspecified atom stereocenters. The number of sulfone groups is 1. The monoisotopic (exact) mass is 373 g/mol. The fraction of sp³-hybridized carbons (Fsp3) is 0.214. The predicted molar refractivity (Wildman–Crippen MR) is 87.1 cm³/mol. The summed E-state index contributed by atoms with van der Waals surface area (Å²) in [5, 5.41) is 10.1. The van der Waals surface area contributed by atoms with E-state index in [-0.39, 0.29) is 10.6 Å². The molecule has 2 rings (SSSR count). The van der Waals surface area contributed by atoms with Crippen LogP contribution in [-0.2, 0) is 19.2 Å². The largest absolute Gasteiger partial charge is 0.348 e. The van der Waals surface area contributed by atoms with E-state index in [1.807, 2.05) is 0 Å². The fourth-order valence-electron chi connectivity index (χ4n) is 2.39. The number of nitrogens with zero attached hydrogens (tertiary/aromatic N) is 1. The maximum absolute atomic E-state index is 12.5. The Kier molecular flexibility index (Phi) is 5.12. The average Bonchev–Trinajstić information content (AvgIpc) is 2.45. The van der Waals surface area contributed by atoms with E-state index in [9.17, 15) is 27.6 Å². The Balaban J connectivity index is 2.66. The Morgan fingerprint density at radius 3 is 2.33 bits per heavy atom. The zero-order chi connectivity index (χ0) is 18.1. The first-order chi connectivity index (χ1) is 11.0. The van der Waals surface area contributed by atoms with Crippen molar-refractivity contribution in [1.29, 1.82) is 0 Å². The molecule has 0 saturated heterocycles. The van der Waals surface area contributed by atoms with Crippen LogP contribution in [0.5, 0.6) is 0 Å². The summed E-state index contributed by atoms with van der Waals surface area (Å²) in [6.07, 6.45) is 0. The molecule has 0 radical (unpaired) electrons. The first-order valence-electron chi connectivity index (χ1n) is 6.74. The lowest BCUT2D eigenvalue weighted by atomic mass is 10.1. The van der Waals surface area contributed by atoms with Crippen LogP contribution in [-0.4, -0.2) is 47.2 Å². The van der Waals surface area contributed by atoms with Gasteiger partial charge in [-0.15, -0.1) is 0 Å². The average molecular weight is 373 g/mol. The number of amides is 1. The SMILES string of the molecule is CN(O)C(=O)CS(=O)(=O)C(c1cccc2ccccc12)P(=O)(O)O. The summed E-state index contributed by atoms with van der Waals surface area (Å²) in [7, 11) is -8.80. The van der Waals surface area contributed by atoms with E-state index in [0.29, 0.717) is 10.8 Å². The molecule has 2 aromatic carbocycles. The van der Waals surface area contributed by atoms with Gasteiger partial charge in [0, 0.05) is 7.05 Å². The molecular formula is C14H16NO7PS. The number of carbonyl (C=O) groups is 1. The molecule has 0 heterocycles. The normalized spacial score (nSPS) is 13.7. The molecule has 0 spiro atoms. The van der Waals surface area contributed by atoms with Crippen LogP contribution in [0.4, 0.5) is 0 Å². The number of fused-ring (bicyclic) bond motifs is 1. The van der Waals surface area contributed by atoms with Gasteiger partial charge in [-0.2, -0.15) is 0 Å². The number of carbonyl (C=O) groups excluding carboxylic acids is 1. The molecule has 130 valence electrons. The van der Waals surface area contributed by atoms with E-state index in [1.165, 1.54) is 12.1 Å². The summed E-state index contributed by atoms with van der Waals surface area (Å²) < 4.78 is 36.9. The molecule has 3 N–H and O–H groups in total. The van der Waals surface area contributed by atoms with Gasteiger partial charge in [-0.3, -0.25) is 14.6 Å². The van der Waals surface area contributed by atoms with Crippen molar-refractivity contribution in [1.82, 2.24) is 5.06 Å². The van der Waals surface area contributed by atoms with Crippen LogP contribution in [0.25, 0.3) is 10.8 Å². The molecule has 2 aromatic rings. The Bertz CT molecular complexity index is 914. The van der Waals surface area contributed by atoms with Crippen LogP contribution in [0.1, 0.15) is 10.6 Å². The Hall–Kier alpha value is -1.77. The van der Waals surface area contributed by atoms with Crippen molar-refractivity contribution in [3.63, 3.8) is 0 Å². The highest BCUT2D eigenvalue weighted by molar-refractivity contribution is 7.98. The third kappa shape index (κ3) is 3.82. The van der Waals surface area contributed by atoms with Gasteiger partial charge in [0.2, 0.25) is 0 Å². The summed E-state index contributed by atoms with van der Waals surface area (Å²) >= 11 is 0. The van der Waals surface area contributed by atoms with Crippen LogP contribution >= 0.6 is 7.60 Å². The number of hydroxylamine groups is 2. The molecule has 1 atom stereocenters. The minimum atomic E-state index is -5.15. The van der Waals surface area contributed by atoms with Crippen LogP contribution in [0, 0.1) is 0 Å². The summed E-state index contributed by atoms with van der Waals surface area (Å²) in [4.78, 5) is 28.6. The van der Waals surface area contributed by atoms with Crippen LogP contribution < -0.4 is 0 Å². The maximum atomic E-state index is 12.5. The first-order valence-corrected chi connectivity index (χ1v) is 10.1. The molecule has 0 saturated carbocycles. The zero-order valence-electron chi connectivity index (χ0n) is 12.6. The molecule has 1 amide bonds. The topological polar surface area (TPSA) is 132 Å². The molecule has 8 nitrogen and oxygen atoms in total. The van der Waals surface area contributed by atoms with Gasteiger partial charge in [0.05, 0.1) is 0 Å². The van der Waals surface area contributed by atoms with Gasteiger partial charge in [0.1, 0.15) is 5.75 Å². The van der Waals surface area contributed by atoms with Crippen molar-refractivity contribution in [2.75, 3.05) is 12.8 Å². The lowest BCUT2D eigenvalue weighted by Crippen LogP contribution is -2.32. The number of hydrogen-bond donors (Lipinski definition) is 3. The highest BCUT2D eigenvalue weighted by atomic mass is 32.2. The molecular weight excluding hydrogens is 357 g/mol. The smallest absolute Gasteiger partial charge is 0.323 e. The third-order valence-electron chi connectivity index (χ3n) is 3.42. The van der Waals surface area contributed by atoms with Gasteiger partial charge >= 0.3 is 7.60 Å². The predicted octanol–water partition coefficient (Wildman–Crippen LogP) is 1.28. The number of hydrogen-bond acceptors (Lipinski definition) is 5. The van der Waals surface area contributed by atoms with E-state index in [1.54, 1.807) is 30.3 Å². The molecule has 0 aliphatic heterocycles. The zero-order valence-corrected chi connectivity index (χ0v) is 14.3. The van der Waals surface area contributed by atoms with Crippen molar-refractivity contribution < 1.29 is 32.8 Å². The summed E-state index contributed by atoms with van der Waals surface area (Å²) in [5.74, 6) is -2.41. The van der Waals surface area contributed by atoms with E-state index in [2.05, 4.69) is 0 Å². The van der Waals surface area contributed by atoms with Crippen molar-refractivity contribution in [3.8, 4) is 0 Å². The molecule has 0 aromatic heterocycles. The second kappa shape index (κ2) is 6.62. The molecule has 0 aliphatic carbocycles. The molecule has 0 aliphatic rings. The summed E-state index contributed by atoms with van der Waals surface area (Å²) in [6.45, 7) is 0. The Morgan fingerprint density at radius 2 is 1.75 bits per heavy atom. The number of benzene rings is 2. The lowest BCUT2D eigenvalue weighted by Gasteiger charge is -2.21. The van der Waals surface area contributed by atoms with Gasteiger partial charge in [-0.25, -0.2) is 13.5 Å². The lowest BCUT2D eigenvalue weighted by molar-refractivity contribution is -0.156. The minimum Gasteiger partial charge on any atom is -0.323 e. The highest BCUT2D eigenvalue weighted by Crippen LogP contribution is 2.56. The Labute approximate surface area is 138 Å². The maximum Gasteiger partial charge on any atom is 0.348 e. The van der Waals surface area contributed by atoms with Crippen molar-refractivity contribution in [2.24, 2.45) is 0 Å². The van der Waals surface area contributed by atoms with E-state index in [0.717, 1.165) is 7.05 Å². The van der Waals surface area contributed by atoms with E-state index in [4.69, 9.17) is 5.21 Å². The third-order valence-corrected chi connectivity index (χ3v) is 7.68. The van der Waals surface area contributed by atoms with Crippen LogP contribution in [0.2, 0.25) is 0 Å². The van der Waals surface area contributed by atoms with E-state index >= 15 is 0 Å². The minimum absolute atomic E-state index is 0.0669. The molecule has 24 heavy (non-hydrogen) atoms. The summed E-state index contributed by atoms with van der Waals surface area (Å²) in [5.41, 5.74) is -0.0881. The quantitative estimate of drug-likeness (QED) is 0.408. The second-order valence-corrected chi connectivity index (χ2v) is 9.36.